The summed E-state index contributed by atoms with van der Waals surface area (Å²) in [7, 11) is 3.18. The molecular formula is C13H18N2O3. The molecule has 0 bridgehead atoms. The van der Waals surface area contributed by atoms with Crippen LogP contribution < -0.4 is 10.5 Å². The molecule has 1 amide bonds. The van der Waals surface area contributed by atoms with Gasteiger partial charge in [0.15, 0.2) is 5.75 Å². The van der Waals surface area contributed by atoms with Crippen LogP contribution in [0.25, 0.3) is 0 Å². The average Bonchev–Trinajstić information content (AvgIpc) is 2.86. The number of ether oxygens (including phenoxy) is 2. The smallest absolute Gasteiger partial charge is 0.257 e. The number of hydrogen-bond donors (Lipinski definition) is 1. The molecule has 1 aliphatic rings. The first-order valence-electron chi connectivity index (χ1n) is 5.92. The molecule has 0 saturated carbocycles. The Bertz CT molecular complexity index is 448. The summed E-state index contributed by atoms with van der Waals surface area (Å²) in [5, 5.41) is 0. The summed E-state index contributed by atoms with van der Waals surface area (Å²) in [6, 6.07) is 5.21. The minimum Gasteiger partial charge on any atom is -0.494 e. The molecule has 18 heavy (non-hydrogen) atoms. The Kier molecular flexibility index (Phi) is 3.72. The highest BCUT2D eigenvalue weighted by Crippen LogP contribution is 2.28. The Morgan fingerprint density at radius 2 is 2.22 bits per heavy atom. The third kappa shape index (κ3) is 2.26. The number of methoxy groups -OCH3 is 2. The molecule has 0 aromatic heterocycles. The summed E-state index contributed by atoms with van der Waals surface area (Å²) in [5.41, 5.74) is 6.79. The van der Waals surface area contributed by atoms with E-state index in [9.17, 15) is 4.79 Å². The van der Waals surface area contributed by atoms with Gasteiger partial charge in [0, 0.05) is 20.2 Å². The van der Waals surface area contributed by atoms with Crippen LogP contribution in [0.15, 0.2) is 18.2 Å². The van der Waals surface area contributed by atoms with Crippen molar-refractivity contribution in [2.24, 2.45) is 0 Å². The molecule has 1 fully saturated rings. The summed E-state index contributed by atoms with van der Waals surface area (Å²) >= 11 is 0. The molecule has 5 nitrogen and oxygen atoms in total. The van der Waals surface area contributed by atoms with Crippen LogP contribution in [0, 0.1) is 0 Å². The predicted octanol–water partition coefficient (Wildman–Crippen LogP) is 1.14. The lowest BCUT2D eigenvalue weighted by Crippen LogP contribution is -2.30. The van der Waals surface area contributed by atoms with E-state index in [0.717, 1.165) is 6.42 Å². The van der Waals surface area contributed by atoms with E-state index in [1.807, 2.05) is 0 Å². The fourth-order valence-electron chi connectivity index (χ4n) is 2.23. The molecule has 1 aromatic carbocycles. The van der Waals surface area contributed by atoms with E-state index < -0.39 is 0 Å². The fourth-order valence-corrected chi connectivity index (χ4v) is 2.23. The molecule has 1 atom stereocenters. The summed E-state index contributed by atoms with van der Waals surface area (Å²) in [5.74, 6) is 0.391. The van der Waals surface area contributed by atoms with Crippen molar-refractivity contribution < 1.29 is 14.3 Å². The Morgan fingerprint density at radius 3 is 2.83 bits per heavy atom. The lowest BCUT2D eigenvalue weighted by molar-refractivity contribution is 0.0721. The van der Waals surface area contributed by atoms with E-state index in [0.29, 0.717) is 30.1 Å². The van der Waals surface area contributed by atoms with Gasteiger partial charge in [0.2, 0.25) is 0 Å². The van der Waals surface area contributed by atoms with Crippen molar-refractivity contribution in [1.82, 2.24) is 4.90 Å². The molecular weight excluding hydrogens is 232 g/mol. The molecule has 1 saturated heterocycles. The van der Waals surface area contributed by atoms with Crippen LogP contribution in [0.5, 0.6) is 5.75 Å². The molecule has 5 heteroatoms. The third-order valence-corrected chi connectivity index (χ3v) is 3.25. The number of hydrogen-bond acceptors (Lipinski definition) is 4. The lowest BCUT2D eigenvalue weighted by Gasteiger charge is -2.18. The van der Waals surface area contributed by atoms with E-state index >= 15 is 0 Å². The Morgan fingerprint density at radius 1 is 1.44 bits per heavy atom. The fraction of sp³-hybridized carbons (Fsp3) is 0.462. The van der Waals surface area contributed by atoms with E-state index in [-0.39, 0.29) is 12.0 Å². The summed E-state index contributed by atoms with van der Waals surface area (Å²) < 4.78 is 10.5. The molecule has 1 heterocycles. The van der Waals surface area contributed by atoms with Gasteiger partial charge in [0.05, 0.1) is 24.5 Å². The van der Waals surface area contributed by atoms with Gasteiger partial charge in [-0.25, -0.2) is 0 Å². The van der Waals surface area contributed by atoms with E-state index in [4.69, 9.17) is 15.2 Å². The van der Waals surface area contributed by atoms with Crippen LogP contribution in [-0.4, -0.2) is 44.2 Å². The van der Waals surface area contributed by atoms with Gasteiger partial charge < -0.3 is 20.1 Å². The molecule has 2 N–H and O–H groups in total. The number of likely N-dealkylation sites (tertiary alicyclic amines) is 1. The first kappa shape index (κ1) is 12.7. The van der Waals surface area contributed by atoms with Gasteiger partial charge in [0.1, 0.15) is 0 Å². The van der Waals surface area contributed by atoms with Gasteiger partial charge in [-0.2, -0.15) is 0 Å². The minimum absolute atomic E-state index is 0.0568. The summed E-state index contributed by atoms with van der Waals surface area (Å²) in [6.07, 6.45) is 0.994. The molecule has 0 radical (unpaired) electrons. The van der Waals surface area contributed by atoms with Crippen molar-refractivity contribution >= 4 is 11.6 Å². The van der Waals surface area contributed by atoms with E-state index in [1.165, 1.54) is 7.11 Å². The van der Waals surface area contributed by atoms with Crippen molar-refractivity contribution in [3.63, 3.8) is 0 Å². The standard InChI is InChI=1S/C13H18N2O3/c1-17-9-6-7-15(8-9)13(16)10-4-3-5-11(14)12(10)18-2/h3-5,9H,6-8,14H2,1-2H3. The highest BCUT2D eigenvalue weighted by molar-refractivity contribution is 5.98. The molecule has 0 spiro atoms. The second-order valence-corrected chi connectivity index (χ2v) is 4.33. The number of carbonyl (C=O) groups excluding carboxylic acids is 1. The van der Waals surface area contributed by atoms with Crippen LogP contribution in [0.2, 0.25) is 0 Å². The maximum absolute atomic E-state index is 12.4. The Labute approximate surface area is 106 Å². The van der Waals surface area contributed by atoms with Crippen molar-refractivity contribution in [1.29, 1.82) is 0 Å². The lowest BCUT2D eigenvalue weighted by atomic mass is 10.1. The van der Waals surface area contributed by atoms with Gasteiger partial charge in [-0.3, -0.25) is 4.79 Å². The second-order valence-electron chi connectivity index (χ2n) is 4.33. The zero-order chi connectivity index (χ0) is 13.1. The van der Waals surface area contributed by atoms with Gasteiger partial charge in [-0.1, -0.05) is 6.07 Å². The number of anilines is 1. The molecule has 1 aromatic rings. The highest BCUT2D eigenvalue weighted by atomic mass is 16.5. The number of amides is 1. The van der Waals surface area contributed by atoms with E-state index in [2.05, 4.69) is 0 Å². The first-order chi connectivity index (χ1) is 8.67. The van der Waals surface area contributed by atoms with Gasteiger partial charge in [-0.05, 0) is 18.6 Å². The molecule has 98 valence electrons. The normalized spacial score (nSPS) is 19.0. The third-order valence-electron chi connectivity index (χ3n) is 3.25. The first-order valence-corrected chi connectivity index (χ1v) is 5.92. The summed E-state index contributed by atoms with van der Waals surface area (Å²) in [4.78, 5) is 14.1. The molecule has 2 rings (SSSR count). The summed E-state index contributed by atoms with van der Waals surface area (Å²) in [6.45, 7) is 1.32. The van der Waals surface area contributed by atoms with E-state index in [1.54, 1.807) is 30.2 Å². The largest absolute Gasteiger partial charge is 0.494 e. The van der Waals surface area contributed by atoms with Crippen molar-refractivity contribution in [3.05, 3.63) is 23.8 Å². The number of para-hydroxylation sites is 1. The molecule has 1 unspecified atom stereocenters. The Hall–Kier alpha value is -1.75. The average molecular weight is 250 g/mol. The minimum atomic E-state index is -0.0568. The SMILES string of the molecule is COc1c(N)cccc1C(=O)N1CCC(OC)C1. The van der Waals surface area contributed by atoms with Gasteiger partial charge in [0.25, 0.3) is 5.91 Å². The zero-order valence-corrected chi connectivity index (χ0v) is 10.7. The number of nitrogens with two attached hydrogens (primary N) is 1. The maximum atomic E-state index is 12.4. The number of nitrogen functional groups attached to an aromatic ring is 1. The maximum Gasteiger partial charge on any atom is 0.257 e. The van der Waals surface area contributed by atoms with Crippen molar-refractivity contribution in [2.45, 2.75) is 12.5 Å². The topological polar surface area (TPSA) is 64.8 Å². The second kappa shape index (κ2) is 5.27. The van der Waals surface area contributed by atoms with Crippen LogP contribution >= 0.6 is 0 Å². The van der Waals surface area contributed by atoms with Crippen LogP contribution in [0.3, 0.4) is 0 Å². The van der Waals surface area contributed by atoms with Crippen LogP contribution in [0.4, 0.5) is 5.69 Å². The number of rotatable bonds is 3. The highest BCUT2D eigenvalue weighted by Gasteiger charge is 2.28. The van der Waals surface area contributed by atoms with Crippen molar-refractivity contribution in [3.8, 4) is 5.75 Å². The monoisotopic (exact) mass is 250 g/mol. The number of benzene rings is 1. The van der Waals surface area contributed by atoms with Crippen LogP contribution in [0.1, 0.15) is 16.8 Å². The van der Waals surface area contributed by atoms with Crippen molar-refractivity contribution in [2.75, 3.05) is 33.0 Å². The number of nitrogens with zero attached hydrogens (tertiary/aromatic N) is 1. The molecule has 1 aliphatic heterocycles. The number of carbonyl (C=O) groups is 1. The Balaban J connectivity index is 2.22. The zero-order valence-electron chi connectivity index (χ0n) is 10.7. The predicted molar refractivity (Wildman–Crippen MR) is 68.7 cm³/mol. The van der Waals surface area contributed by atoms with Gasteiger partial charge >= 0.3 is 0 Å². The van der Waals surface area contributed by atoms with Gasteiger partial charge in [-0.15, -0.1) is 0 Å². The molecule has 0 aliphatic carbocycles. The van der Waals surface area contributed by atoms with Crippen LogP contribution in [-0.2, 0) is 4.74 Å². The quantitative estimate of drug-likeness (QED) is 0.817.